The third kappa shape index (κ3) is 6.73. The highest BCUT2D eigenvalue weighted by atomic mass is 16.3. The van der Waals surface area contributed by atoms with Gasteiger partial charge in [0.15, 0.2) is 0 Å². The first kappa shape index (κ1) is 37.4. The summed E-state index contributed by atoms with van der Waals surface area (Å²) in [6.07, 6.45) is 10.8. The zero-order valence-electron chi connectivity index (χ0n) is 34.1. The molecule has 2 aromatic carbocycles. The molecule has 2 fully saturated rings. The van der Waals surface area contributed by atoms with Gasteiger partial charge in [-0.3, -0.25) is 19.7 Å². The molecule has 10 rings (SSSR count). The monoisotopic (exact) mass is 777 g/mol. The van der Waals surface area contributed by atoms with Crippen molar-refractivity contribution in [1.29, 1.82) is 0 Å². The number of aryl methyl sites for hydroxylation is 1. The lowest BCUT2D eigenvalue weighted by Crippen LogP contribution is -2.36. The van der Waals surface area contributed by atoms with Crippen LogP contribution in [0.2, 0.25) is 0 Å². The second-order valence-electron chi connectivity index (χ2n) is 18.0. The van der Waals surface area contributed by atoms with Gasteiger partial charge in [0.1, 0.15) is 11.3 Å². The number of amides is 1. The number of hydrogen-bond acceptors (Lipinski definition) is 7. The molecule has 10 nitrogen and oxygen atoms in total. The number of fused-ring (bicyclic) bond motifs is 7. The van der Waals surface area contributed by atoms with Crippen LogP contribution in [0.25, 0.3) is 21.8 Å². The Bertz CT molecular complexity index is 2500. The van der Waals surface area contributed by atoms with Gasteiger partial charge in [-0.25, -0.2) is 0 Å². The van der Waals surface area contributed by atoms with Crippen LogP contribution < -0.4 is 0 Å². The number of carbonyl (C=O) groups is 1. The number of rotatable bonds is 9. The maximum Gasteiger partial charge on any atom is 0.272 e. The molecular formula is C48H55N7O3. The first-order chi connectivity index (χ1) is 28.1. The van der Waals surface area contributed by atoms with E-state index in [1.54, 1.807) is 24.7 Å². The van der Waals surface area contributed by atoms with E-state index in [1.807, 2.05) is 30.0 Å². The Morgan fingerprint density at radius 1 is 0.931 bits per heavy atom. The van der Waals surface area contributed by atoms with E-state index in [0.29, 0.717) is 30.7 Å². The fourth-order valence-corrected chi connectivity index (χ4v) is 10.7. The molecule has 4 aromatic heterocycles. The highest BCUT2D eigenvalue weighted by Gasteiger charge is 2.39. The second kappa shape index (κ2) is 14.7. The lowest BCUT2D eigenvalue weighted by molar-refractivity contribution is 0.0380. The Kier molecular flexibility index (Phi) is 9.51. The van der Waals surface area contributed by atoms with Crippen molar-refractivity contribution in [3.05, 3.63) is 130 Å². The van der Waals surface area contributed by atoms with E-state index in [4.69, 9.17) is 0 Å². The number of aliphatic hydroxyl groups is 2. The average molecular weight is 778 g/mol. The van der Waals surface area contributed by atoms with Crippen molar-refractivity contribution in [1.82, 2.24) is 33.8 Å². The molecule has 4 aliphatic heterocycles. The number of aliphatic hydroxyl groups excluding tert-OH is 1. The van der Waals surface area contributed by atoms with Crippen molar-refractivity contribution in [2.24, 2.45) is 5.92 Å². The summed E-state index contributed by atoms with van der Waals surface area (Å²) >= 11 is 0. The van der Waals surface area contributed by atoms with Gasteiger partial charge in [0.05, 0.1) is 19.2 Å². The SMILES string of the molecule is Cc1ccc2c(c1)c1c(n2CC(O)c2cccnc2)CC2CC(Cc3ccc4c(c3)c3c(n4CC(C)(O)c4ccc(C(=O)N5CCCC5)nc4)CCN(C)C3)CN2C1. The maximum absolute atomic E-state index is 13.0. The minimum absolute atomic E-state index is 0.0242. The third-order valence-corrected chi connectivity index (χ3v) is 13.8. The van der Waals surface area contributed by atoms with Gasteiger partial charge in [-0.2, -0.15) is 0 Å². The molecule has 0 aliphatic carbocycles. The van der Waals surface area contributed by atoms with Crippen molar-refractivity contribution in [3.63, 3.8) is 0 Å². The minimum Gasteiger partial charge on any atom is -0.386 e. The van der Waals surface area contributed by atoms with E-state index in [9.17, 15) is 15.0 Å². The molecule has 4 unspecified atom stereocenters. The van der Waals surface area contributed by atoms with Gasteiger partial charge in [-0.15, -0.1) is 0 Å². The number of likely N-dealkylation sites (N-methyl/N-ethyl adjacent to an activating group) is 1. The van der Waals surface area contributed by atoms with E-state index in [1.165, 1.54) is 55.4 Å². The fourth-order valence-electron chi connectivity index (χ4n) is 10.7. The summed E-state index contributed by atoms with van der Waals surface area (Å²) in [5.74, 6) is 0.534. The second-order valence-corrected chi connectivity index (χ2v) is 18.0. The molecule has 2 saturated heterocycles. The smallest absolute Gasteiger partial charge is 0.272 e. The zero-order valence-corrected chi connectivity index (χ0v) is 34.1. The summed E-state index contributed by atoms with van der Waals surface area (Å²) in [6, 6.07) is 21.8. The minimum atomic E-state index is -1.17. The van der Waals surface area contributed by atoms with Crippen LogP contribution in [-0.4, -0.2) is 89.2 Å². The molecule has 300 valence electrons. The molecule has 4 aliphatic rings. The van der Waals surface area contributed by atoms with E-state index < -0.39 is 11.7 Å². The van der Waals surface area contributed by atoms with E-state index in [-0.39, 0.29) is 5.91 Å². The number of pyridine rings is 2. The highest BCUT2D eigenvalue weighted by molar-refractivity contribution is 5.92. The lowest BCUT2D eigenvalue weighted by Gasteiger charge is -2.31. The summed E-state index contributed by atoms with van der Waals surface area (Å²) in [5, 5.41) is 25.9. The summed E-state index contributed by atoms with van der Waals surface area (Å²) in [7, 11) is 2.20. The van der Waals surface area contributed by atoms with Crippen LogP contribution in [0.4, 0.5) is 0 Å². The molecule has 0 bridgehead atoms. The van der Waals surface area contributed by atoms with Crippen LogP contribution in [0.15, 0.2) is 79.3 Å². The molecule has 0 saturated carbocycles. The number of likely N-dealkylation sites (tertiary alicyclic amines) is 1. The molecule has 10 heteroatoms. The predicted octanol–water partition coefficient (Wildman–Crippen LogP) is 6.55. The average Bonchev–Trinajstić information content (AvgIpc) is 4.02. The van der Waals surface area contributed by atoms with E-state index >= 15 is 0 Å². The van der Waals surface area contributed by atoms with Crippen LogP contribution in [0.1, 0.15) is 87.5 Å². The number of aromatic nitrogens is 4. The largest absolute Gasteiger partial charge is 0.386 e. The van der Waals surface area contributed by atoms with Gasteiger partial charge in [0.2, 0.25) is 0 Å². The van der Waals surface area contributed by atoms with E-state index in [2.05, 4.69) is 79.3 Å². The molecule has 58 heavy (non-hydrogen) atoms. The lowest BCUT2D eigenvalue weighted by atomic mass is 9.93. The molecule has 4 atom stereocenters. The number of hydrogen-bond donors (Lipinski definition) is 2. The Hall–Kier alpha value is -4.87. The molecule has 0 radical (unpaired) electrons. The van der Waals surface area contributed by atoms with E-state index in [0.717, 1.165) is 88.9 Å². The third-order valence-electron chi connectivity index (χ3n) is 13.8. The van der Waals surface area contributed by atoms with Gasteiger partial charge < -0.3 is 29.1 Å². The Morgan fingerprint density at radius 3 is 2.52 bits per heavy atom. The van der Waals surface area contributed by atoms with Gasteiger partial charge >= 0.3 is 0 Å². The van der Waals surface area contributed by atoms with Crippen LogP contribution in [0, 0.1) is 12.8 Å². The number of carbonyl (C=O) groups excluding carboxylic acids is 1. The van der Waals surface area contributed by atoms with Crippen molar-refractivity contribution in [2.45, 2.75) is 96.3 Å². The first-order valence-corrected chi connectivity index (χ1v) is 21.3. The highest BCUT2D eigenvalue weighted by Crippen LogP contribution is 2.41. The van der Waals surface area contributed by atoms with Gasteiger partial charge in [-0.1, -0.05) is 29.8 Å². The molecule has 8 heterocycles. The molecule has 1 amide bonds. The van der Waals surface area contributed by atoms with Gasteiger partial charge in [0.25, 0.3) is 5.91 Å². The fraction of sp³-hybridized carbons (Fsp3) is 0.438. The first-order valence-electron chi connectivity index (χ1n) is 21.3. The molecule has 0 spiro atoms. The standard InChI is InChI=1S/C48H55N7O3/c1-31-8-12-42-37(19-31)40-28-53-26-33(21-36(53)23-45(40)54(42)29-46(56)34-7-6-15-49-24-34)20-32-9-13-43-38(22-32)39-27-51(3)18-14-44(39)55(43)30-48(2,58)35-10-11-41(50-25-35)47(57)52-16-4-5-17-52/h6-13,15,19,22,24-25,33,36,46,56,58H,4-5,14,16-18,20-21,23,26-30H2,1-3H3. The Labute approximate surface area is 340 Å². The molecule has 6 aromatic rings. The van der Waals surface area contributed by atoms with Crippen LogP contribution in [0.5, 0.6) is 0 Å². The number of benzene rings is 2. The normalized spacial score (nSPS) is 21.3. The van der Waals surface area contributed by atoms with Crippen LogP contribution in [-0.2, 0) is 51.0 Å². The molecular weight excluding hydrogens is 723 g/mol. The van der Waals surface area contributed by atoms with Gasteiger partial charge in [0, 0.05) is 121 Å². The van der Waals surface area contributed by atoms with Gasteiger partial charge in [-0.05, 0) is 106 Å². The van der Waals surface area contributed by atoms with Crippen molar-refractivity contribution < 1.29 is 15.0 Å². The van der Waals surface area contributed by atoms with Crippen molar-refractivity contribution >= 4 is 27.7 Å². The Morgan fingerprint density at radius 2 is 1.72 bits per heavy atom. The summed E-state index contributed by atoms with van der Waals surface area (Å²) in [6.45, 7) is 10.5. The summed E-state index contributed by atoms with van der Waals surface area (Å²) in [4.78, 5) is 28.7. The van der Waals surface area contributed by atoms with Crippen molar-refractivity contribution in [3.8, 4) is 0 Å². The summed E-state index contributed by atoms with van der Waals surface area (Å²) < 4.78 is 4.74. The predicted molar refractivity (Wildman–Crippen MR) is 227 cm³/mol. The van der Waals surface area contributed by atoms with Crippen LogP contribution in [0.3, 0.4) is 0 Å². The summed E-state index contributed by atoms with van der Waals surface area (Å²) in [5.41, 5.74) is 11.4. The molecule has 2 N–H and O–H groups in total. The zero-order chi connectivity index (χ0) is 39.7. The van der Waals surface area contributed by atoms with Crippen molar-refractivity contribution in [2.75, 3.05) is 33.2 Å². The number of nitrogens with zero attached hydrogens (tertiary/aromatic N) is 7. The maximum atomic E-state index is 13.0. The van der Waals surface area contributed by atoms with Crippen LogP contribution >= 0.6 is 0 Å². The quantitative estimate of drug-likeness (QED) is 0.172. The topological polar surface area (TPSA) is 103 Å². The Balaban J connectivity index is 0.886.